The third-order valence-corrected chi connectivity index (χ3v) is 4.72. The second kappa shape index (κ2) is 7.98. The molecule has 108 valence electrons. The Balaban J connectivity index is 1.94. The topological polar surface area (TPSA) is 28.2 Å². The molecule has 0 radical (unpaired) electrons. The molecule has 1 aliphatic rings. The molecule has 2 heterocycles. The van der Waals surface area contributed by atoms with E-state index in [2.05, 4.69) is 29.4 Å². The van der Waals surface area contributed by atoms with Crippen molar-refractivity contribution >= 4 is 11.3 Å². The monoisotopic (exact) mass is 281 g/mol. The zero-order valence-corrected chi connectivity index (χ0v) is 13.1. The molecular formula is C15H27N3S. The summed E-state index contributed by atoms with van der Waals surface area (Å²) in [6, 6.07) is 0.748. The summed E-state index contributed by atoms with van der Waals surface area (Å²) in [6.07, 6.45) is 6.12. The van der Waals surface area contributed by atoms with E-state index in [0.717, 1.165) is 19.0 Å². The summed E-state index contributed by atoms with van der Waals surface area (Å²) >= 11 is 1.83. The smallest absolute Gasteiger partial charge is 0.0928 e. The fourth-order valence-corrected chi connectivity index (χ4v) is 3.70. The van der Waals surface area contributed by atoms with Crippen molar-refractivity contribution in [2.45, 2.75) is 58.5 Å². The molecule has 1 fully saturated rings. The first kappa shape index (κ1) is 14.9. The second-order valence-corrected chi connectivity index (χ2v) is 6.38. The maximum Gasteiger partial charge on any atom is 0.0928 e. The summed E-state index contributed by atoms with van der Waals surface area (Å²) in [4.78, 5) is 7.42. The highest BCUT2D eigenvalue weighted by Crippen LogP contribution is 2.18. The van der Waals surface area contributed by atoms with Crippen LogP contribution in [0.2, 0.25) is 0 Å². The van der Waals surface area contributed by atoms with Gasteiger partial charge in [0.05, 0.1) is 10.7 Å². The average molecular weight is 281 g/mol. The minimum absolute atomic E-state index is 0.748. The largest absolute Gasteiger partial charge is 0.317 e. The molecule has 0 saturated carbocycles. The second-order valence-electron chi connectivity index (χ2n) is 5.43. The number of hydrogen-bond acceptors (Lipinski definition) is 4. The Kier molecular flexibility index (Phi) is 6.28. The molecule has 1 aliphatic heterocycles. The molecule has 0 aromatic carbocycles. The van der Waals surface area contributed by atoms with Crippen LogP contribution in [0, 0.1) is 0 Å². The minimum Gasteiger partial charge on any atom is -0.317 e. The van der Waals surface area contributed by atoms with Gasteiger partial charge in [-0.05, 0) is 51.7 Å². The number of aromatic nitrogens is 1. The van der Waals surface area contributed by atoms with E-state index in [1.807, 2.05) is 11.3 Å². The lowest BCUT2D eigenvalue weighted by molar-refractivity contribution is 0.152. The standard InChI is InChI=1S/C15H27N3S/c1-3-5-15-17-13(12-19-15)11-18(10-4-2)14-6-8-16-9-7-14/h12,14,16H,3-11H2,1-2H3. The van der Waals surface area contributed by atoms with Crippen molar-refractivity contribution in [2.75, 3.05) is 19.6 Å². The summed E-state index contributed by atoms with van der Waals surface area (Å²) in [5.41, 5.74) is 1.28. The zero-order valence-electron chi connectivity index (χ0n) is 12.3. The molecule has 0 bridgehead atoms. The Morgan fingerprint density at radius 2 is 2.11 bits per heavy atom. The molecule has 0 atom stereocenters. The summed E-state index contributed by atoms with van der Waals surface area (Å²) in [6.45, 7) is 9.08. The van der Waals surface area contributed by atoms with Gasteiger partial charge in [0.1, 0.15) is 0 Å². The third kappa shape index (κ3) is 4.55. The van der Waals surface area contributed by atoms with Crippen LogP contribution in [0.4, 0.5) is 0 Å². The van der Waals surface area contributed by atoms with Gasteiger partial charge in [0.15, 0.2) is 0 Å². The van der Waals surface area contributed by atoms with Crippen LogP contribution in [0.1, 0.15) is 50.2 Å². The first-order valence-electron chi connectivity index (χ1n) is 7.71. The maximum absolute atomic E-state index is 4.78. The highest BCUT2D eigenvalue weighted by atomic mass is 32.1. The van der Waals surface area contributed by atoms with Crippen molar-refractivity contribution < 1.29 is 0 Å². The summed E-state index contributed by atoms with van der Waals surface area (Å²) in [5.74, 6) is 0. The zero-order chi connectivity index (χ0) is 13.5. The van der Waals surface area contributed by atoms with E-state index >= 15 is 0 Å². The van der Waals surface area contributed by atoms with Crippen molar-refractivity contribution in [2.24, 2.45) is 0 Å². The van der Waals surface area contributed by atoms with Gasteiger partial charge in [-0.25, -0.2) is 4.98 Å². The van der Waals surface area contributed by atoms with E-state index in [4.69, 9.17) is 4.98 Å². The van der Waals surface area contributed by atoms with Gasteiger partial charge in [-0.15, -0.1) is 11.3 Å². The number of aryl methyl sites for hydroxylation is 1. The number of nitrogens with one attached hydrogen (secondary N) is 1. The van der Waals surface area contributed by atoms with E-state index in [-0.39, 0.29) is 0 Å². The Bertz CT molecular complexity index is 358. The SMILES string of the molecule is CCCc1nc(CN(CCC)C2CCNCC2)cs1. The quantitative estimate of drug-likeness (QED) is 0.832. The Labute approximate surface area is 121 Å². The number of thiazole rings is 1. The molecule has 1 aromatic heterocycles. The summed E-state index contributed by atoms with van der Waals surface area (Å²) < 4.78 is 0. The van der Waals surface area contributed by atoms with Crippen LogP contribution in [0.15, 0.2) is 5.38 Å². The van der Waals surface area contributed by atoms with Gasteiger partial charge in [-0.3, -0.25) is 4.90 Å². The van der Waals surface area contributed by atoms with Crippen LogP contribution in [-0.2, 0) is 13.0 Å². The van der Waals surface area contributed by atoms with Gasteiger partial charge in [0.25, 0.3) is 0 Å². The molecule has 19 heavy (non-hydrogen) atoms. The van der Waals surface area contributed by atoms with Gasteiger partial charge < -0.3 is 5.32 Å². The van der Waals surface area contributed by atoms with Gasteiger partial charge in [0.2, 0.25) is 0 Å². The molecule has 1 saturated heterocycles. The summed E-state index contributed by atoms with van der Waals surface area (Å²) in [7, 11) is 0. The number of piperidine rings is 1. The fourth-order valence-electron chi connectivity index (χ4n) is 2.81. The van der Waals surface area contributed by atoms with Crippen LogP contribution >= 0.6 is 11.3 Å². The number of hydrogen-bond donors (Lipinski definition) is 1. The molecule has 1 aromatic rings. The average Bonchev–Trinajstić information content (AvgIpc) is 2.87. The molecule has 4 heteroatoms. The lowest BCUT2D eigenvalue weighted by Crippen LogP contribution is -2.43. The molecule has 3 nitrogen and oxygen atoms in total. The first-order valence-corrected chi connectivity index (χ1v) is 8.59. The predicted octanol–water partition coefficient (Wildman–Crippen LogP) is 3.06. The Morgan fingerprint density at radius 1 is 1.32 bits per heavy atom. The van der Waals surface area contributed by atoms with Crippen LogP contribution in [0.5, 0.6) is 0 Å². The highest BCUT2D eigenvalue weighted by Gasteiger charge is 2.21. The van der Waals surface area contributed by atoms with Crippen molar-refractivity contribution in [3.63, 3.8) is 0 Å². The molecule has 0 amide bonds. The van der Waals surface area contributed by atoms with Crippen molar-refractivity contribution in [1.29, 1.82) is 0 Å². The van der Waals surface area contributed by atoms with E-state index in [1.54, 1.807) is 0 Å². The van der Waals surface area contributed by atoms with E-state index in [1.165, 1.54) is 56.0 Å². The normalized spacial score (nSPS) is 17.2. The molecule has 0 spiro atoms. The van der Waals surface area contributed by atoms with Crippen molar-refractivity contribution in [3.8, 4) is 0 Å². The minimum atomic E-state index is 0.748. The molecule has 0 unspecified atom stereocenters. The lowest BCUT2D eigenvalue weighted by Gasteiger charge is -2.34. The number of rotatable bonds is 7. The van der Waals surface area contributed by atoms with Crippen molar-refractivity contribution in [3.05, 3.63) is 16.1 Å². The van der Waals surface area contributed by atoms with E-state index in [0.29, 0.717) is 0 Å². The van der Waals surface area contributed by atoms with Gasteiger partial charge in [0, 0.05) is 18.0 Å². The molecule has 1 N–H and O–H groups in total. The lowest BCUT2D eigenvalue weighted by atomic mass is 10.0. The van der Waals surface area contributed by atoms with E-state index in [9.17, 15) is 0 Å². The van der Waals surface area contributed by atoms with Gasteiger partial charge in [-0.2, -0.15) is 0 Å². The van der Waals surface area contributed by atoms with E-state index < -0.39 is 0 Å². The van der Waals surface area contributed by atoms with Crippen LogP contribution in [0.25, 0.3) is 0 Å². The third-order valence-electron chi connectivity index (χ3n) is 3.76. The van der Waals surface area contributed by atoms with Crippen molar-refractivity contribution in [1.82, 2.24) is 15.2 Å². The fraction of sp³-hybridized carbons (Fsp3) is 0.800. The first-order chi connectivity index (χ1) is 9.33. The Hall–Kier alpha value is -0.450. The molecule has 0 aliphatic carbocycles. The van der Waals surface area contributed by atoms with Crippen LogP contribution in [0.3, 0.4) is 0 Å². The molecule has 2 rings (SSSR count). The Morgan fingerprint density at radius 3 is 2.79 bits per heavy atom. The molecular weight excluding hydrogens is 254 g/mol. The maximum atomic E-state index is 4.78. The summed E-state index contributed by atoms with van der Waals surface area (Å²) in [5, 5.41) is 7.02. The van der Waals surface area contributed by atoms with Gasteiger partial charge >= 0.3 is 0 Å². The van der Waals surface area contributed by atoms with Crippen LogP contribution < -0.4 is 5.32 Å². The number of nitrogens with zero attached hydrogens (tertiary/aromatic N) is 2. The highest BCUT2D eigenvalue weighted by molar-refractivity contribution is 7.09. The van der Waals surface area contributed by atoms with Gasteiger partial charge in [-0.1, -0.05) is 13.8 Å². The predicted molar refractivity (Wildman–Crippen MR) is 82.7 cm³/mol. The van der Waals surface area contributed by atoms with Crippen LogP contribution in [-0.4, -0.2) is 35.6 Å².